The molecule has 0 bridgehead atoms. The lowest BCUT2D eigenvalue weighted by molar-refractivity contribution is 0.0990. The Morgan fingerprint density at radius 3 is 1.31 bits per heavy atom. The van der Waals surface area contributed by atoms with Crippen LogP contribution in [0.4, 0.5) is 0 Å². The highest BCUT2D eigenvalue weighted by atomic mass is 16.1. The molecule has 0 spiro atoms. The fraction of sp³-hybridized carbons (Fsp3) is 0. The third-order valence-electron chi connectivity index (χ3n) is 5.12. The van der Waals surface area contributed by atoms with Gasteiger partial charge in [0.05, 0.1) is 0 Å². The van der Waals surface area contributed by atoms with Crippen LogP contribution in [-0.4, -0.2) is 23.6 Å². The van der Waals surface area contributed by atoms with Gasteiger partial charge in [0.1, 0.15) is 0 Å². The smallest absolute Gasteiger partial charge is 0.234 e. The summed E-state index contributed by atoms with van der Waals surface area (Å²) in [5.41, 5.74) is 0.749. The Morgan fingerprint density at radius 1 is 0.469 bits per heavy atom. The third-order valence-corrected chi connectivity index (χ3v) is 5.12. The van der Waals surface area contributed by atoms with Crippen molar-refractivity contribution in [2.75, 3.05) is 0 Å². The maximum Gasteiger partial charge on any atom is 0.234 e. The number of benzene rings is 4. The van der Waals surface area contributed by atoms with Crippen LogP contribution in [0, 0.1) is 0 Å². The molecule has 0 aromatic heterocycles. The Bertz CT molecular complexity index is 1310. The first-order chi connectivity index (χ1) is 15.6. The van der Waals surface area contributed by atoms with E-state index in [2.05, 4.69) is 0 Å². The minimum absolute atomic E-state index is 0.0586. The summed E-state index contributed by atoms with van der Waals surface area (Å²) in [5.74, 6) is -1.45. The Hall–Kier alpha value is -4.44. The van der Waals surface area contributed by atoms with E-state index in [-0.39, 0.29) is 22.3 Å². The topological polar surface area (TPSA) is 68.3 Å². The van der Waals surface area contributed by atoms with Crippen LogP contribution in [0.25, 0.3) is 0 Å². The quantitative estimate of drug-likeness (QED) is 0.404. The largest absolute Gasteiger partial charge is 0.289 e. The van der Waals surface area contributed by atoms with Crippen molar-refractivity contribution >= 4 is 23.6 Å². The van der Waals surface area contributed by atoms with Gasteiger partial charge in [0.25, 0.3) is 0 Å². The number of carbonyl (C=O) groups excluding carboxylic acids is 4. The van der Waals surface area contributed by atoms with Gasteiger partial charge in [-0.15, -0.1) is 0 Å². The zero-order valence-corrected chi connectivity index (χ0v) is 16.9. The maximum absolute atomic E-state index is 13.6. The van der Waals surface area contributed by atoms with E-state index in [0.29, 0.717) is 16.7 Å². The summed E-state index contributed by atoms with van der Waals surface area (Å²) in [6.45, 7) is 0. The molecule has 4 aromatic rings. The highest BCUT2D eigenvalue weighted by Crippen LogP contribution is 2.27. The van der Waals surface area contributed by atoms with Gasteiger partial charge in [-0.05, 0) is 12.1 Å². The average molecular weight is 417 g/mol. The normalized spacial score (nSPS) is 10.4. The van der Waals surface area contributed by atoms with E-state index in [0.717, 1.165) is 0 Å². The van der Waals surface area contributed by atoms with Crippen molar-refractivity contribution in [3.05, 3.63) is 142 Å². The van der Waals surface area contributed by atoms with Gasteiger partial charge in [-0.1, -0.05) is 91.0 Å². The summed E-state index contributed by atoms with van der Waals surface area (Å²) in [6, 6.07) is 28.0. The molecule has 0 heterocycles. The van der Waals surface area contributed by atoms with E-state index in [1.54, 1.807) is 97.3 Å². The number of rotatable bonds is 7. The molecule has 4 nitrogen and oxygen atoms in total. The van der Waals surface area contributed by atoms with Gasteiger partial charge in [0.2, 0.25) is 6.29 Å². The van der Waals surface area contributed by atoms with Crippen molar-refractivity contribution < 1.29 is 19.2 Å². The van der Waals surface area contributed by atoms with Crippen LogP contribution in [-0.2, 0) is 4.79 Å². The number of hydrogen-bond donors (Lipinski definition) is 0. The predicted molar refractivity (Wildman–Crippen MR) is 121 cm³/mol. The first-order valence-electron chi connectivity index (χ1n) is 9.96. The molecule has 0 saturated carbocycles. The molecular weight excluding hydrogens is 400 g/mol. The van der Waals surface area contributed by atoms with Gasteiger partial charge >= 0.3 is 0 Å². The minimum atomic E-state index is -0.522. The van der Waals surface area contributed by atoms with Gasteiger partial charge in [-0.2, -0.15) is 0 Å². The molecule has 0 atom stereocenters. The summed E-state index contributed by atoms with van der Waals surface area (Å²) in [6.07, 6.45) is 1.76. The Balaban J connectivity index is 2.01. The molecule has 0 amide bonds. The first-order valence-corrected chi connectivity index (χ1v) is 9.96. The Kier molecular flexibility index (Phi) is 5.95. The van der Waals surface area contributed by atoms with Crippen molar-refractivity contribution in [1.82, 2.24) is 0 Å². The minimum Gasteiger partial charge on any atom is -0.289 e. The molecular formula is C28H17O4. The van der Waals surface area contributed by atoms with Crippen LogP contribution in [0.2, 0.25) is 0 Å². The van der Waals surface area contributed by atoms with Crippen LogP contribution in [0.3, 0.4) is 0 Å². The average Bonchev–Trinajstić information content (AvgIpc) is 2.88. The summed E-state index contributed by atoms with van der Waals surface area (Å²) in [4.78, 5) is 52.1. The standard InChI is InChI=1S/C28H17O4/c29-18-22-16-17-23(26(30)19-10-4-1-5-11-19)25(28(32)21-14-8-3-9-15-21)24(22)27(31)20-12-6-2-7-13-20/h1-17H. The molecule has 0 unspecified atom stereocenters. The highest BCUT2D eigenvalue weighted by molar-refractivity contribution is 6.27. The fourth-order valence-corrected chi connectivity index (χ4v) is 3.56. The number of carbonyl (C=O) groups is 3. The molecule has 153 valence electrons. The molecule has 4 heteroatoms. The van der Waals surface area contributed by atoms with Crippen molar-refractivity contribution in [3.63, 3.8) is 0 Å². The van der Waals surface area contributed by atoms with Crippen LogP contribution >= 0.6 is 0 Å². The van der Waals surface area contributed by atoms with Crippen molar-refractivity contribution in [2.24, 2.45) is 0 Å². The summed E-state index contributed by atoms with van der Waals surface area (Å²) >= 11 is 0. The van der Waals surface area contributed by atoms with E-state index in [1.165, 1.54) is 12.1 Å². The second kappa shape index (κ2) is 9.14. The van der Waals surface area contributed by atoms with Gasteiger partial charge < -0.3 is 0 Å². The highest BCUT2D eigenvalue weighted by Gasteiger charge is 2.29. The van der Waals surface area contributed by atoms with Crippen molar-refractivity contribution in [3.8, 4) is 0 Å². The maximum atomic E-state index is 13.6. The molecule has 4 aromatic carbocycles. The second-order valence-electron chi connectivity index (χ2n) is 7.10. The third kappa shape index (κ3) is 3.94. The van der Waals surface area contributed by atoms with E-state index in [4.69, 9.17) is 0 Å². The van der Waals surface area contributed by atoms with E-state index in [9.17, 15) is 19.2 Å². The molecule has 0 fully saturated rings. The SMILES string of the molecule is O=[C]c1ccc(C(=O)c2ccccc2)c(C(=O)c2ccccc2)c1C(=O)c1ccccc1. The molecule has 0 aliphatic carbocycles. The van der Waals surface area contributed by atoms with E-state index < -0.39 is 17.3 Å². The summed E-state index contributed by atoms with van der Waals surface area (Å²) in [5, 5.41) is 0. The van der Waals surface area contributed by atoms with Gasteiger partial charge in [-0.3, -0.25) is 19.2 Å². The van der Waals surface area contributed by atoms with E-state index >= 15 is 0 Å². The zero-order valence-electron chi connectivity index (χ0n) is 16.9. The Labute approximate surface area is 185 Å². The van der Waals surface area contributed by atoms with Crippen LogP contribution < -0.4 is 0 Å². The lowest BCUT2D eigenvalue weighted by Gasteiger charge is -2.15. The predicted octanol–water partition coefficient (Wildman–Crippen LogP) is 4.84. The molecule has 0 N–H and O–H groups in total. The summed E-state index contributed by atoms with van der Waals surface area (Å²) in [7, 11) is 0. The number of hydrogen-bond acceptors (Lipinski definition) is 4. The molecule has 32 heavy (non-hydrogen) atoms. The lowest BCUT2D eigenvalue weighted by Crippen LogP contribution is -2.19. The molecule has 0 saturated heterocycles. The molecule has 1 radical (unpaired) electrons. The fourth-order valence-electron chi connectivity index (χ4n) is 3.56. The number of ketones is 3. The van der Waals surface area contributed by atoms with Crippen LogP contribution in [0.1, 0.15) is 53.3 Å². The van der Waals surface area contributed by atoms with E-state index in [1.807, 2.05) is 0 Å². The van der Waals surface area contributed by atoms with Gasteiger partial charge in [-0.25, -0.2) is 0 Å². The first kappa shape index (κ1) is 20.8. The molecule has 0 aliphatic rings. The Morgan fingerprint density at radius 2 is 0.875 bits per heavy atom. The van der Waals surface area contributed by atoms with Crippen LogP contribution in [0.5, 0.6) is 0 Å². The summed E-state index contributed by atoms with van der Waals surface area (Å²) < 4.78 is 0. The monoisotopic (exact) mass is 417 g/mol. The van der Waals surface area contributed by atoms with Crippen molar-refractivity contribution in [2.45, 2.75) is 0 Å². The molecule has 0 aliphatic heterocycles. The van der Waals surface area contributed by atoms with Gasteiger partial charge in [0, 0.05) is 38.9 Å². The van der Waals surface area contributed by atoms with Crippen LogP contribution in [0.15, 0.2) is 103 Å². The second-order valence-corrected chi connectivity index (χ2v) is 7.10. The molecule has 4 rings (SSSR count). The van der Waals surface area contributed by atoms with Crippen molar-refractivity contribution in [1.29, 1.82) is 0 Å². The zero-order chi connectivity index (χ0) is 22.5. The van der Waals surface area contributed by atoms with Gasteiger partial charge in [0.15, 0.2) is 17.3 Å². The lowest BCUT2D eigenvalue weighted by atomic mass is 9.84.